The minimum atomic E-state index is 0.215. The molecular formula is C5H4Cl2N2O. The number of rotatable bonds is 1. The van der Waals surface area contributed by atoms with Crippen LogP contribution in [0.15, 0.2) is 6.20 Å². The van der Waals surface area contributed by atoms with E-state index < -0.39 is 0 Å². The van der Waals surface area contributed by atoms with E-state index in [1.807, 2.05) is 0 Å². The lowest BCUT2D eigenvalue weighted by atomic mass is 10.7. The fourth-order valence-corrected chi connectivity index (χ4v) is 0.761. The maximum atomic E-state index is 5.54. The molecule has 0 aliphatic rings. The van der Waals surface area contributed by atoms with Crippen LogP contribution in [0.3, 0.4) is 0 Å². The van der Waals surface area contributed by atoms with E-state index in [1.165, 1.54) is 13.3 Å². The van der Waals surface area contributed by atoms with Crippen LogP contribution in [0.25, 0.3) is 0 Å². The summed E-state index contributed by atoms with van der Waals surface area (Å²) in [6.07, 6.45) is 1.35. The van der Waals surface area contributed by atoms with Crippen LogP contribution in [0.1, 0.15) is 0 Å². The van der Waals surface area contributed by atoms with Crippen LogP contribution in [-0.2, 0) is 0 Å². The first-order valence-electron chi connectivity index (χ1n) is 2.46. The number of methoxy groups -OCH3 is 1. The molecule has 1 aromatic rings. The lowest BCUT2D eigenvalue weighted by Gasteiger charge is -1.98. The van der Waals surface area contributed by atoms with Gasteiger partial charge in [0.2, 0.25) is 0 Å². The summed E-state index contributed by atoms with van der Waals surface area (Å²) in [5.74, 6) is 0.245. The number of nitrogens with zero attached hydrogens (tertiary/aromatic N) is 2. The Hall–Kier alpha value is -0.540. The Balaban J connectivity index is 3.09. The zero-order valence-corrected chi connectivity index (χ0v) is 6.65. The van der Waals surface area contributed by atoms with Gasteiger partial charge in [0.05, 0.1) is 13.3 Å². The molecule has 0 radical (unpaired) electrons. The molecule has 1 rings (SSSR count). The maximum Gasteiger partial charge on any atom is 0.253 e. The van der Waals surface area contributed by atoms with Crippen LogP contribution in [0.2, 0.25) is 10.3 Å². The first-order chi connectivity index (χ1) is 4.74. The highest BCUT2D eigenvalue weighted by Gasteiger charge is 2.02. The van der Waals surface area contributed by atoms with Crippen LogP contribution in [0, 0.1) is 0 Å². The van der Waals surface area contributed by atoms with Crippen LogP contribution in [0.5, 0.6) is 5.88 Å². The largest absolute Gasteiger partial charge is 0.479 e. The molecule has 0 saturated heterocycles. The standard InChI is InChI=1S/C5H4Cl2N2O/c1-10-5-4(7)8-2-3(6)9-5/h2H,1H3. The van der Waals surface area contributed by atoms with Crippen molar-refractivity contribution in [2.24, 2.45) is 0 Å². The molecule has 0 spiro atoms. The number of ether oxygens (including phenoxy) is 1. The van der Waals surface area contributed by atoms with Gasteiger partial charge in [-0.05, 0) is 0 Å². The first-order valence-corrected chi connectivity index (χ1v) is 3.21. The molecule has 5 heteroatoms. The third-order valence-electron chi connectivity index (χ3n) is 0.863. The summed E-state index contributed by atoms with van der Waals surface area (Å²) < 4.78 is 4.74. The Morgan fingerprint density at radius 1 is 1.50 bits per heavy atom. The summed E-state index contributed by atoms with van der Waals surface area (Å²) in [5, 5.41) is 0.480. The van der Waals surface area contributed by atoms with Gasteiger partial charge in [0.15, 0.2) is 10.3 Å². The van der Waals surface area contributed by atoms with Crippen molar-refractivity contribution >= 4 is 23.2 Å². The van der Waals surface area contributed by atoms with E-state index in [1.54, 1.807) is 0 Å². The summed E-state index contributed by atoms with van der Waals surface area (Å²) in [7, 11) is 1.45. The molecular weight excluding hydrogens is 175 g/mol. The summed E-state index contributed by atoms with van der Waals surface area (Å²) >= 11 is 11.0. The average Bonchev–Trinajstić information content (AvgIpc) is 1.94. The van der Waals surface area contributed by atoms with E-state index in [9.17, 15) is 0 Å². The molecule has 0 aromatic carbocycles. The molecule has 0 amide bonds. The summed E-state index contributed by atoms with van der Waals surface area (Å²) in [6, 6.07) is 0. The molecule has 10 heavy (non-hydrogen) atoms. The molecule has 1 heterocycles. The average molecular weight is 179 g/mol. The van der Waals surface area contributed by atoms with E-state index in [-0.39, 0.29) is 16.2 Å². The first kappa shape index (κ1) is 7.57. The molecule has 0 aliphatic carbocycles. The maximum absolute atomic E-state index is 5.54. The zero-order valence-electron chi connectivity index (χ0n) is 5.14. The second-order valence-corrected chi connectivity index (χ2v) is 2.24. The molecule has 0 aliphatic heterocycles. The normalized spacial score (nSPS) is 9.50. The Bertz CT molecular complexity index is 241. The van der Waals surface area contributed by atoms with Crippen LogP contribution >= 0.6 is 23.2 Å². The summed E-state index contributed by atoms with van der Waals surface area (Å²) in [5.41, 5.74) is 0. The number of aromatic nitrogens is 2. The molecule has 1 aromatic heterocycles. The van der Waals surface area contributed by atoms with Crippen LogP contribution < -0.4 is 4.74 Å². The number of hydrogen-bond acceptors (Lipinski definition) is 3. The highest BCUT2D eigenvalue weighted by molar-refractivity contribution is 6.31. The molecule has 0 saturated carbocycles. The predicted molar refractivity (Wildman–Crippen MR) is 38.6 cm³/mol. The van der Waals surface area contributed by atoms with Crippen molar-refractivity contribution in [1.82, 2.24) is 9.97 Å². The lowest BCUT2D eigenvalue weighted by Crippen LogP contribution is -1.90. The smallest absolute Gasteiger partial charge is 0.253 e. The van der Waals surface area contributed by atoms with E-state index in [4.69, 9.17) is 27.9 Å². The quantitative estimate of drug-likeness (QED) is 0.659. The molecule has 0 fully saturated rings. The van der Waals surface area contributed by atoms with Crippen molar-refractivity contribution in [3.8, 4) is 5.88 Å². The fraction of sp³-hybridized carbons (Fsp3) is 0.200. The highest BCUT2D eigenvalue weighted by Crippen LogP contribution is 2.19. The minimum Gasteiger partial charge on any atom is -0.479 e. The third-order valence-corrected chi connectivity index (χ3v) is 1.30. The van der Waals surface area contributed by atoms with E-state index in [2.05, 4.69) is 9.97 Å². The van der Waals surface area contributed by atoms with Gasteiger partial charge in [0.25, 0.3) is 5.88 Å². The van der Waals surface area contributed by atoms with Crippen molar-refractivity contribution < 1.29 is 4.74 Å². The van der Waals surface area contributed by atoms with Crippen molar-refractivity contribution in [2.45, 2.75) is 0 Å². The van der Waals surface area contributed by atoms with Crippen molar-refractivity contribution in [1.29, 1.82) is 0 Å². The zero-order chi connectivity index (χ0) is 7.56. The molecule has 0 atom stereocenters. The Morgan fingerprint density at radius 2 is 2.20 bits per heavy atom. The molecule has 0 bridgehead atoms. The molecule has 54 valence electrons. The van der Waals surface area contributed by atoms with E-state index in [0.717, 1.165) is 0 Å². The third kappa shape index (κ3) is 1.49. The van der Waals surface area contributed by atoms with Gasteiger partial charge in [0, 0.05) is 0 Å². The van der Waals surface area contributed by atoms with Crippen molar-refractivity contribution in [3.05, 3.63) is 16.5 Å². The summed E-state index contributed by atoms with van der Waals surface area (Å²) in [4.78, 5) is 7.44. The minimum absolute atomic E-state index is 0.215. The molecule has 0 N–H and O–H groups in total. The SMILES string of the molecule is COc1nc(Cl)cnc1Cl. The van der Waals surface area contributed by atoms with Gasteiger partial charge in [-0.2, -0.15) is 4.98 Å². The van der Waals surface area contributed by atoms with Gasteiger partial charge in [-0.15, -0.1) is 0 Å². The number of halogens is 2. The molecule has 3 nitrogen and oxygen atoms in total. The van der Waals surface area contributed by atoms with Gasteiger partial charge >= 0.3 is 0 Å². The van der Waals surface area contributed by atoms with Crippen molar-refractivity contribution in [2.75, 3.05) is 7.11 Å². The van der Waals surface area contributed by atoms with E-state index in [0.29, 0.717) is 0 Å². The second kappa shape index (κ2) is 3.03. The van der Waals surface area contributed by atoms with Gasteiger partial charge in [0.1, 0.15) is 0 Å². The van der Waals surface area contributed by atoms with Gasteiger partial charge in [-0.25, -0.2) is 4.98 Å². The fourth-order valence-electron chi connectivity index (χ4n) is 0.467. The van der Waals surface area contributed by atoms with Crippen molar-refractivity contribution in [3.63, 3.8) is 0 Å². The topological polar surface area (TPSA) is 35.0 Å². The van der Waals surface area contributed by atoms with Gasteiger partial charge in [-0.1, -0.05) is 23.2 Å². The second-order valence-electron chi connectivity index (χ2n) is 1.49. The monoisotopic (exact) mass is 178 g/mol. The van der Waals surface area contributed by atoms with Gasteiger partial charge in [-0.3, -0.25) is 0 Å². The Kier molecular flexibility index (Phi) is 2.29. The highest BCUT2D eigenvalue weighted by atomic mass is 35.5. The van der Waals surface area contributed by atoms with Crippen LogP contribution in [0.4, 0.5) is 0 Å². The Morgan fingerprint density at radius 3 is 2.70 bits per heavy atom. The molecule has 0 unspecified atom stereocenters. The summed E-state index contributed by atoms with van der Waals surface area (Å²) in [6.45, 7) is 0. The Labute approximate surface area is 68.0 Å². The number of hydrogen-bond donors (Lipinski definition) is 0. The van der Waals surface area contributed by atoms with Gasteiger partial charge < -0.3 is 4.74 Å². The van der Waals surface area contributed by atoms with E-state index >= 15 is 0 Å². The lowest BCUT2D eigenvalue weighted by molar-refractivity contribution is 0.396. The van der Waals surface area contributed by atoms with Crippen LogP contribution in [-0.4, -0.2) is 17.1 Å². The predicted octanol–water partition coefficient (Wildman–Crippen LogP) is 1.79.